The summed E-state index contributed by atoms with van der Waals surface area (Å²) in [5.74, 6) is -0.443. The van der Waals surface area contributed by atoms with Crippen LogP contribution in [0.25, 0.3) is 0 Å². The van der Waals surface area contributed by atoms with Crippen LogP contribution in [0.1, 0.15) is 38.5 Å². The van der Waals surface area contributed by atoms with E-state index in [0.717, 1.165) is 38.0 Å². The number of carbonyl (C=O) groups excluding carboxylic acids is 2. The Morgan fingerprint density at radius 2 is 1.69 bits per heavy atom. The van der Waals surface area contributed by atoms with Crippen LogP contribution < -0.4 is 15.5 Å². The molecule has 0 radical (unpaired) electrons. The van der Waals surface area contributed by atoms with E-state index in [1.165, 1.54) is 25.0 Å². The maximum absolute atomic E-state index is 13.6. The highest BCUT2D eigenvalue weighted by atomic mass is 19.1. The van der Waals surface area contributed by atoms with Gasteiger partial charge in [0.2, 0.25) is 11.8 Å². The van der Waals surface area contributed by atoms with Crippen LogP contribution in [0.15, 0.2) is 48.5 Å². The zero-order valence-electron chi connectivity index (χ0n) is 18.4. The molecule has 2 N–H and O–H groups in total. The third kappa shape index (κ3) is 5.85. The topological polar surface area (TPSA) is 64.7 Å². The molecule has 0 bridgehead atoms. The summed E-state index contributed by atoms with van der Waals surface area (Å²) in [5.41, 5.74) is 2.06. The fourth-order valence-corrected chi connectivity index (χ4v) is 4.50. The van der Waals surface area contributed by atoms with E-state index in [2.05, 4.69) is 15.5 Å². The lowest BCUT2D eigenvalue weighted by Crippen LogP contribution is -2.47. The van der Waals surface area contributed by atoms with Crippen molar-refractivity contribution in [1.82, 2.24) is 4.90 Å². The number of nitrogens with zero attached hydrogens (tertiary/aromatic N) is 2. The number of piperidine rings is 1. The molecule has 32 heavy (non-hydrogen) atoms. The number of benzene rings is 2. The molecule has 2 aliphatic heterocycles. The molecule has 7 heteroatoms. The van der Waals surface area contributed by atoms with Crippen molar-refractivity contribution in [3.8, 4) is 0 Å². The molecule has 2 aromatic carbocycles. The summed E-state index contributed by atoms with van der Waals surface area (Å²) in [6.07, 6.45) is 6.30. The minimum atomic E-state index is -0.393. The van der Waals surface area contributed by atoms with E-state index >= 15 is 0 Å². The van der Waals surface area contributed by atoms with E-state index in [-0.39, 0.29) is 17.6 Å². The van der Waals surface area contributed by atoms with Gasteiger partial charge in [-0.05, 0) is 75.2 Å². The molecule has 2 aromatic rings. The van der Waals surface area contributed by atoms with Gasteiger partial charge in [0.15, 0.2) is 0 Å². The Kier molecular flexibility index (Phi) is 7.37. The van der Waals surface area contributed by atoms with Gasteiger partial charge in [-0.15, -0.1) is 0 Å². The average molecular weight is 439 g/mol. The number of carbonyl (C=O) groups is 2. The van der Waals surface area contributed by atoms with Crippen molar-refractivity contribution in [3.63, 3.8) is 0 Å². The smallest absolute Gasteiger partial charge is 0.249 e. The molecule has 2 fully saturated rings. The highest BCUT2D eigenvalue weighted by molar-refractivity contribution is 5.99. The lowest BCUT2D eigenvalue weighted by Gasteiger charge is -2.33. The Hall–Kier alpha value is -2.93. The summed E-state index contributed by atoms with van der Waals surface area (Å²) in [6.45, 7) is 2.93. The van der Waals surface area contributed by atoms with Gasteiger partial charge in [-0.25, -0.2) is 4.39 Å². The first-order chi connectivity index (χ1) is 15.6. The molecule has 0 spiro atoms. The SMILES string of the molecule is O=C(CN1CCCCCC1)Nc1cccc(NC2CCCN(c3cccc(F)c3)C2=O)c1. The molecule has 0 saturated carbocycles. The summed E-state index contributed by atoms with van der Waals surface area (Å²) in [7, 11) is 0. The van der Waals surface area contributed by atoms with Gasteiger partial charge in [0.25, 0.3) is 0 Å². The minimum Gasteiger partial charge on any atom is -0.374 e. The Balaban J connectivity index is 1.36. The quantitative estimate of drug-likeness (QED) is 0.708. The van der Waals surface area contributed by atoms with Crippen LogP contribution in [0.2, 0.25) is 0 Å². The summed E-state index contributed by atoms with van der Waals surface area (Å²) in [4.78, 5) is 29.4. The number of rotatable bonds is 6. The Labute approximate surface area is 188 Å². The molecule has 0 aliphatic carbocycles. The van der Waals surface area contributed by atoms with Gasteiger partial charge >= 0.3 is 0 Å². The van der Waals surface area contributed by atoms with E-state index in [1.807, 2.05) is 24.3 Å². The van der Waals surface area contributed by atoms with Crippen LogP contribution in [0.4, 0.5) is 21.5 Å². The summed E-state index contributed by atoms with van der Waals surface area (Å²) < 4.78 is 13.6. The van der Waals surface area contributed by atoms with Crippen molar-refractivity contribution >= 4 is 28.9 Å². The van der Waals surface area contributed by atoms with E-state index in [0.29, 0.717) is 30.9 Å². The predicted octanol–water partition coefficient (Wildman–Crippen LogP) is 4.25. The van der Waals surface area contributed by atoms with Crippen molar-refractivity contribution in [1.29, 1.82) is 0 Å². The summed E-state index contributed by atoms with van der Waals surface area (Å²) >= 11 is 0. The molecule has 1 unspecified atom stereocenters. The largest absolute Gasteiger partial charge is 0.374 e. The number of hydrogen-bond donors (Lipinski definition) is 2. The van der Waals surface area contributed by atoms with Crippen molar-refractivity contribution in [2.24, 2.45) is 0 Å². The fourth-order valence-electron chi connectivity index (χ4n) is 4.50. The van der Waals surface area contributed by atoms with Crippen molar-refractivity contribution in [3.05, 3.63) is 54.3 Å². The van der Waals surface area contributed by atoms with Gasteiger partial charge in [-0.1, -0.05) is 25.0 Å². The van der Waals surface area contributed by atoms with Gasteiger partial charge in [0, 0.05) is 23.6 Å². The second kappa shape index (κ2) is 10.6. The zero-order chi connectivity index (χ0) is 22.3. The van der Waals surface area contributed by atoms with Crippen LogP contribution >= 0.6 is 0 Å². The number of likely N-dealkylation sites (tertiary alicyclic amines) is 1. The van der Waals surface area contributed by atoms with Crippen LogP contribution in [0.5, 0.6) is 0 Å². The predicted molar refractivity (Wildman–Crippen MR) is 125 cm³/mol. The fraction of sp³-hybridized carbons (Fsp3) is 0.440. The van der Waals surface area contributed by atoms with E-state index in [9.17, 15) is 14.0 Å². The molecular formula is C25H31FN4O2. The highest BCUT2D eigenvalue weighted by Crippen LogP contribution is 2.25. The molecule has 170 valence electrons. The molecular weight excluding hydrogens is 407 g/mol. The molecule has 2 saturated heterocycles. The van der Waals surface area contributed by atoms with Crippen LogP contribution in [-0.2, 0) is 9.59 Å². The Morgan fingerprint density at radius 1 is 0.938 bits per heavy atom. The molecule has 2 amide bonds. The second-order valence-corrected chi connectivity index (χ2v) is 8.63. The third-order valence-corrected chi connectivity index (χ3v) is 6.11. The van der Waals surface area contributed by atoms with Crippen LogP contribution in [0.3, 0.4) is 0 Å². The summed E-state index contributed by atoms with van der Waals surface area (Å²) in [6, 6.07) is 13.2. The Bertz CT molecular complexity index is 943. The third-order valence-electron chi connectivity index (χ3n) is 6.11. The maximum atomic E-state index is 13.6. The van der Waals surface area contributed by atoms with Crippen LogP contribution in [-0.4, -0.2) is 48.9 Å². The lowest BCUT2D eigenvalue weighted by molar-refractivity contribution is -0.120. The highest BCUT2D eigenvalue weighted by Gasteiger charge is 2.29. The van der Waals surface area contributed by atoms with E-state index in [1.54, 1.807) is 17.0 Å². The normalized spacial score (nSPS) is 20.0. The molecule has 6 nitrogen and oxygen atoms in total. The summed E-state index contributed by atoms with van der Waals surface area (Å²) in [5, 5.41) is 6.28. The van der Waals surface area contributed by atoms with Gasteiger partial charge in [0.05, 0.1) is 6.54 Å². The monoisotopic (exact) mass is 438 g/mol. The first-order valence-corrected chi connectivity index (χ1v) is 11.5. The number of halogens is 1. The molecule has 2 heterocycles. The first kappa shape index (κ1) is 22.3. The van der Waals surface area contributed by atoms with Gasteiger partial charge in [-0.2, -0.15) is 0 Å². The molecule has 2 aliphatic rings. The zero-order valence-corrected chi connectivity index (χ0v) is 18.4. The standard InChI is InChI=1S/C25H31FN4O2/c26-19-8-5-11-22(16-19)30-15-7-12-23(25(30)32)27-20-9-6-10-21(17-20)28-24(31)18-29-13-3-1-2-4-14-29/h5-6,8-11,16-17,23,27H,1-4,7,12-15,18H2,(H,28,31). The van der Waals surface area contributed by atoms with Crippen molar-refractivity contribution in [2.45, 2.75) is 44.6 Å². The molecule has 4 rings (SSSR count). The molecule has 1 atom stereocenters. The average Bonchev–Trinajstić information content (AvgIpc) is 3.04. The minimum absolute atomic E-state index is 0.0185. The van der Waals surface area contributed by atoms with Gasteiger partial charge in [0.1, 0.15) is 11.9 Å². The number of hydrogen-bond acceptors (Lipinski definition) is 4. The van der Waals surface area contributed by atoms with Crippen molar-refractivity contribution in [2.75, 3.05) is 41.7 Å². The lowest BCUT2D eigenvalue weighted by atomic mass is 10.0. The van der Waals surface area contributed by atoms with Crippen LogP contribution in [0, 0.1) is 5.82 Å². The van der Waals surface area contributed by atoms with E-state index < -0.39 is 6.04 Å². The Morgan fingerprint density at radius 3 is 2.47 bits per heavy atom. The van der Waals surface area contributed by atoms with Gasteiger partial charge < -0.3 is 15.5 Å². The first-order valence-electron chi connectivity index (χ1n) is 11.5. The van der Waals surface area contributed by atoms with E-state index in [4.69, 9.17) is 0 Å². The number of nitrogens with one attached hydrogen (secondary N) is 2. The maximum Gasteiger partial charge on any atom is 0.249 e. The second-order valence-electron chi connectivity index (χ2n) is 8.63. The molecule has 0 aromatic heterocycles. The van der Waals surface area contributed by atoms with Crippen molar-refractivity contribution < 1.29 is 14.0 Å². The number of anilines is 3. The number of amides is 2. The van der Waals surface area contributed by atoms with Gasteiger partial charge in [-0.3, -0.25) is 14.5 Å².